The summed E-state index contributed by atoms with van der Waals surface area (Å²) in [5.41, 5.74) is 2.33. The Balaban J connectivity index is 0.00000180. The zero-order valence-corrected chi connectivity index (χ0v) is 13.8. The van der Waals surface area contributed by atoms with Crippen molar-refractivity contribution in [2.75, 3.05) is 0 Å². The van der Waals surface area contributed by atoms with Gasteiger partial charge in [-0.1, -0.05) is 35.8 Å². The smallest absolute Gasteiger partial charge is 0.134 e. The molecule has 1 heterocycles. The molecule has 0 aliphatic carbocycles. The number of aryl methyl sites for hydroxylation is 1. The Morgan fingerprint density at radius 2 is 1.95 bits per heavy atom. The van der Waals surface area contributed by atoms with E-state index in [0.717, 1.165) is 28.1 Å². The molecule has 104 valence electrons. The Bertz CT molecular complexity index is 537. The summed E-state index contributed by atoms with van der Waals surface area (Å²) < 4.78 is 6.96. The van der Waals surface area contributed by atoms with Gasteiger partial charge in [0.25, 0.3) is 0 Å². The standard InChI is InChI=1S/C15H18BrNO.ClH/c1-10(2)17-9-13-5-7-15(18-13)12-4-6-14(16)11(3)8-12;/h4-8,10,17H,9H2,1-3H3;1H. The van der Waals surface area contributed by atoms with E-state index in [2.05, 4.69) is 60.2 Å². The van der Waals surface area contributed by atoms with Gasteiger partial charge in [-0.2, -0.15) is 0 Å². The number of rotatable bonds is 4. The number of nitrogens with one attached hydrogen (secondary N) is 1. The third-order valence-electron chi connectivity index (χ3n) is 2.79. The molecule has 2 aromatic rings. The summed E-state index contributed by atoms with van der Waals surface area (Å²) in [6, 6.07) is 10.8. The number of hydrogen-bond acceptors (Lipinski definition) is 2. The highest BCUT2D eigenvalue weighted by atomic mass is 79.9. The van der Waals surface area contributed by atoms with Crippen molar-refractivity contribution in [1.29, 1.82) is 0 Å². The van der Waals surface area contributed by atoms with Crippen LogP contribution in [0, 0.1) is 6.92 Å². The van der Waals surface area contributed by atoms with Crippen LogP contribution in [0.3, 0.4) is 0 Å². The topological polar surface area (TPSA) is 25.2 Å². The van der Waals surface area contributed by atoms with E-state index in [1.165, 1.54) is 5.56 Å². The van der Waals surface area contributed by atoms with Crippen LogP contribution in [-0.4, -0.2) is 6.04 Å². The van der Waals surface area contributed by atoms with Gasteiger partial charge in [-0.25, -0.2) is 0 Å². The predicted molar refractivity (Wildman–Crippen MR) is 85.8 cm³/mol. The molecule has 0 aliphatic rings. The van der Waals surface area contributed by atoms with Crippen LogP contribution in [-0.2, 0) is 6.54 Å². The SMILES string of the molecule is Cc1cc(-c2ccc(CNC(C)C)o2)ccc1Br.Cl. The van der Waals surface area contributed by atoms with Gasteiger partial charge in [0.05, 0.1) is 6.54 Å². The normalized spacial score (nSPS) is 10.6. The van der Waals surface area contributed by atoms with Crippen LogP contribution in [0.2, 0.25) is 0 Å². The first-order valence-electron chi connectivity index (χ1n) is 6.15. The third kappa shape index (κ3) is 4.37. The first-order valence-corrected chi connectivity index (χ1v) is 6.94. The van der Waals surface area contributed by atoms with Crippen LogP contribution in [0.15, 0.2) is 39.2 Å². The maximum Gasteiger partial charge on any atom is 0.134 e. The molecule has 0 unspecified atom stereocenters. The molecule has 1 aromatic heterocycles. The Labute approximate surface area is 129 Å². The van der Waals surface area contributed by atoms with Gasteiger partial charge in [-0.05, 0) is 36.8 Å². The molecule has 0 spiro atoms. The van der Waals surface area contributed by atoms with E-state index in [-0.39, 0.29) is 12.4 Å². The summed E-state index contributed by atoms with van der Waals surface area (Å²) in [6.45, 7) is 7.11. The zero-order valence-electron chi connectivity index (χ0n) is 11.4. The van der Waals surface area contributed by atoms with Crippen molar-refractivity contribution in [2.45, 2.75) is 33.4 Å². The molecule has 19 heavy (non-hydrogen) atoms. The van der Waals surface area contributed by atoms with Crippen LogP contribution in [0.25, 0.3) is 11.3 Å². The fraction of sp³-hybridized carbons (Fsp3) is 0.333. The van der Waals surface area contributed by atoms with E-state index in [1.807, 2.05) is 12.1 Å². The summed E-state index contributed by atoms with van der Waals surface area (Å²) >= 11 is 3.51. The molecular weight excluding hydrogens is 326 g/mol. The zero-order chi connectivity index (χ0) is 13.1. The van der Waals surface area contributed by atoms with Crippen molar-refractivity contribution in [1.82, 2.24) is 5.32 Å². The molecule has 0 saturated heterocycles. The minimum Gasteiger partial charge on any atom is -0.460 e. The Kier molecular flexibility index (Phi) is 6.11. The van der Waals surface area contributed by atoms with E-state index in [9.17, 15) is 0 Å². The van der Waals surface area contributed by atoms with Gasteiger partial charge >= 0.3 is 0 Å². The lowest BCUT2D eigenvalue weighted by molar-refractivity contribution is 0.473. The predicted octanol–water partition coefficient (Wildman–Crippen LogP) is 4.94. The van der Waals surface area contributed by atoms with Crippen LogP contribution in [0.4, 0.5) is 0 Å². The van der Waals surface area contributed by atoms with Crippen LogP contribution >= 0.6 is 28.3 Å². The molecule has 0 aliphatic heterocycles. The minimum absolute atomic E-state index is 0. The lowest BCUT2D eigenvalue weighted by Gasteiger charge is -2.05. The highest BCUT2D eigenvalue weighted by Crippen LogP contribution is 2.26. The van der Waals surface area contributed by atoms with Crippen molar-refractivity contribution < 1.29 is 4.42 Å². The fourth-order valence-corrected chi connectivity index (χ4v) is 1.98. The summed E-state index contributed by atoms with van der Waals surface area (Å²) in [7, 11) is 0. The largest absolute Gasteiger partial charge is 0.460 e. The second-order valence-electron chi connectivity index (χ2n) is 4.77. The molecule has 0 amide bonds. The van der Waals surface area contributed by atoms with Crippen LogP contribution in [0.5, 0.6) is 0 Å². The molecular formula is C15H19BrClNO. The summed E-state index contributed by atoms with van der Waals surface area (Å²) in [5.74, 6) is 1.89. The third-order valence-corrected chi connectivity index (χ3v) is 3.68. The average Bonchev–Trinajstić information content (AvgIpc) is 2.79. The number of halogens is 2. The molecule has 2 rings (SSSR count). The molecule has 0 radical (unpaired) electrons. The Morgan fingerprint density at radius 3 is 2.58 bits per heavy atom. The maximum absolute atomic E-state index is 5.84. The molecule has 0 bridgehead atoms. The molecule has 4 heteroatoms. The van der Waals surface area contributed by atoms with Crippen molar-refractivity contribution in [3.8, 4) is 11.3 Å². The summed E-state index contributed by atoms with van der Waals surface area (Å²) in [5, 5.41) is 3.35. The van der Waals surface area contributed by atoms with Gasteiger partial charge in [-0.3, -0.25) is 0 Å². The first-order chi connectivity index (χ1) is 8.56. The van der Waals surface area contributed by atoms with Crippen molar-refractivity contribution in [3.63, 3.8) is 0 Å². The van der Waals surface area contributed by atoms with Gasteiger partial charge in [0.15, 0.2) is 0 Å². The quantitative estimate of drug-likeness (QED) is 0.850. The lowest BCUT2D eigenvalue weighted by Crippen LogP contribution is -2.21. The summed E-state index contributed by atoms with van der Waals surface area (Å²) in [6.07, 6.45) is 0. The fourth-order valence-electron chi connectivity index (χ4n) is 1.73. The van der Waals surface area contributed by atoms with Crippen LogP contribution in [0.1, 0.15) is 25.2 Å². The highest BCUT2D eigenvalue weighted by Gasteiger charge is 2.06. The van der Waals surface area contributed by atoms with Gasteiger partial charge in [0, 0.05) is 16.1 Å². The minimum atomic E-state index is 0. The monoisotopic (exact) mass is 343 g/mol. The molecule has 1 N–H and O–H groups in total. The van der Waals surface area contributed by atoms with Gasteiger partial charge in [0.2, 0.25) is 0 Å². The highest BCUT2D eigenvalue weighted by molar-refractivity contribution is 9.10. The van der Waals surface area contributed by atoms with E-state index < -0.39 is 0 Å². The van der Waals surface area contributed by atoms with Gasteiger partial charge in [-0.15, -0.1) is 12.4 Å². The molecule has 0 atom stereocenters. The molecule has 1 aromatic carbocycles. The van der Waals surface area contributed by atoms with Crippen molar-refractivity contribution in [3.05, 3.63) is 46.1 Å². The second kappa shape index (κ2) is 7.13. The van der Waals surface area contributed by atoms with Crippen molar-refractivity contribution >= 4 is 28.3 Å². The van der Waals surface area contributed by atoms with Crippen LogP contribution < -0.4 is 5.32 Å². The number of furan rings is 1. The first kappa shape index (κ1) is 16.3. The van der Waals surface area contributed by atoms with E-state index in [0.29, 0.717) is 6.04 Å². The average molecular weight is 345 g/mol. The van der Waals surface area contributed by atoms with Gasteiger partial charge in [0.1, 0.15) is 11.5 Å². The second-order valence-corrected chi connectivity index (χ2v) is 5.62. The van der Waals surface area contributed by atoms with Crippen molar-refractivity contribution in [2.24, 2.45) is 0 Å². The number of benzene rings is 1. The van der Waals surface area contributed by atoms with E-state index in [1.54, 1.807) is 0 Å². The van der Waals surface area contributed by atoms with Gasteiger partial charge < -0.3 is 9.73 Å². The lowest BCUT2D eigenvalue weighted by atomic mass is 10.1. The molecule has 0 fully saturated rings. The Morgan fingerprint density at radius 1 is 1.21 bits per heavy atom. The molecule has 0 saturated carbocycles. The van der Waals surface area contributed by atoms with E-state index >= 15 is 0 Å². The maximum atomic E-state index is 5.84. The van der Waals surface area contributed by atoms with E-state index in [4.69, 9.17) is 4.42 Å². The Hall–Kier alpha value is -0.770. The molecule has 2 nitrogen and oxygen atoms in total. The number of hydrogen-bond donors (Lipinski definition) is 1. The summed E-state index contributed by atoms with van der Waals surface area (Å²) in [4.78, 5) is 0.